The number of aryl methyl sites for hydroxylation is 1. The van der Waals surface area contributed by atoms with Crippen molar-refractivity contribution in [2.45, 2.75) is 23.9 Å². The molecule has 2 aromatic carbocycles. The first kappa shape index (κ1) is 21.6. The average Bonchev–Trinajstić information content (AvgIpc) is 2.79. The van der Waals surface area contributed by atoms with Crippen LogP contribution in [0.25, 0.3) is 0 Å². The number of anilines is 2. The van der Waals surface area contributed by atoms with E-state index in [1.807, 2.05) is 30.3 Å². The summed E-state index contributed by atoms with van der Waals surface area (Å²) in [5.41, 5.74) is 1.43. The minimum Gasteiger partial charge on any atom is -0.497 e. The standard InChI is InChI=1S/C23H22N4O4S/c1-31-16-9-5-8-15(12-16)24-21(29)17-13-18(28)25-20-19(17)22(30)27-23(26-20)32-11-10-14-6-3-2-4-7-14/h2-9,12,17H,10-11,13H2,1H3,(H,24,29)(H2,25,26,27,28,30)/t17-/m1/s1. The third-order valence-electron chi connectivity index (χ3n) is 5.06. The summed E-state index contributed by atoms with van der Waals surface area (Å²) in [4.78, 5) is 45.1. The average molecular weight is 451 g/mol. The maximum Gasteiger partial charge on any atom is 0.257 e. The summed E-state index contributed by atoms with van der Waals surface area (Å²) in [6, 6.07) is 16.9. The largest absolute Gasteiger partial charge is 0.497 e. The van der Waals surface area contributed by atoms with E-state index in [9.17, 15) is 14.4 Å². The van der Waals surface area contributed by atoms with Crippen molar-refractivity contribution in [2.75, 3.05) is 23.5 Å². The Balaban J connectivity index is 1.52. The zero-order valence-corrected chi connectivity index (χ0v) is 18.2. The van der Waals surface area contributed by atoms with Gasteiger partial charge in [-0.15, -0.1) is 0 Å². The lowest BCUT2D eigenvalue weighted by Gasteiger charge is -2.23. The number of aromatic nitrogens is 2. The number of amides is 2. The van der Waals surface area contributed by atoms with Gasteiger partial charge < -0.3 is 20.4 Å². The van der Waals surface area contributed by atoms with Crippen molar-refractivity contribution < 1.29 is 14.3 Å². The van der Waals surface area contributed by atoms with Gasteiger partial charge in [-0.2, -0.15) is 0 Å². The first-order valence-corrected chi connectivity index (χ1v) is 11.1. The molecule has 8 nitrogen and oxygen atoms in total. The number of carbonyl (C=O) groups is 2. The monoisotopic (exact) mass is 450 g/mol. The normalized spacial score (nSPS) is 14.9. The molecule has 0 bridgehead atoms. The Bertz CT molecular complexity index is 1200. The Labute approximate surface area is 188 Å². The lowest BCUT2D eigenvalue weighted by atomic mass is 9.92. The number of H-pyrrole nitrogens is 1. The lowest BCUT2D eigenvalue weighted by Crippen LogP contribution is -2.36. The van der Waals surface area contributed by atoms with Crippen LogP contribution in [0.2, 0.25) is 0 Å². The molecule has 0 fully saturated rings. The molecule has 0 spiro atoms. The van der Waals surface area contributed by atoms with Crippen LogP contribution in [-0.2, 0) is 16.0 Å². The van der Waals surface area contributed by atoms with Gasteiger partial charge in [0.05, 0.1) is 18.6 Å². The molecule has 1 aliphatic rings. The molecular weight excluding hydrogens is 428 g/mol. The maximum absolute atomic E-state index is 12.9. The quantitative estimate of drug-likeness (QED) is 0.376. The number of thioether (sulfide) groups is 1. The summed E-state index contributed by atoms with van der Waals surface area (Å²) >= 11 is 1.39. The Morgan fingerprint density at radius 1 is 1.19 bits per heavy atom. The van der Waals surface area contributed by atoms with E-state index in [4.69, 9.17) is 4.74 Å². The topological polar surface area (TPSA) is 113 Å². The van der Waals surface area contributed by atoms with Crippen molar-refractivity contribution in [3.8, 4) is 5.75 Å². The van der Waals surface area contributed by atoms with E-state index in [-0.39, 0.29) is 23.7 Å². The molecule has 1 aliphatic heterocycles. The summed E-state index contributed by atoms with van der Waals surface area (Å²) in [5, 5.41) is 5.79. The molecule has 1 atom stereocenters. The van der Waals surface area contributed by atoms with E-state index >= 15 is 0 Å². The van der Waals surface area contributed by atoms with E-state index in [1.165, 1.54) is 24.4 Å². The molecule has 3 N–H and O–H groups in total. The van der Waals surface area contributed by atoms with E-state index in [0.29, 0.717) is 22.3 Å². The van der Waals surface area contributed by atoms with Gasteiger partial charge in [-0.05, 0) is 24.1 Å². The molecule has 0 saturated carbocycles. The summed E-state index contributed by atoms with van der Waals surface area (Å²) in [5.74, 6) is -0.323. The van der Waals surface area contributed by atoms with Gasteiger partial charge in [0.25, 0.3) is 5.56 Å². The number of hydrogen-bond acceptors (Lipinski definition) is 6. The van der Waals surface area contributed by atoms with Crippen LogP contribution in [0, 0.1) is 0 Å². The predicted molar refractivity (Wildman–Crippen MR) is 123 cm³/mol. The molecule has 0 unspecified atom stereocenters. The van der Waals surface area contributed by atoms with Gasteiger partial charge in [-0.3, -0.25) is 14.4 Å². The van der Waals surface area contributed by atoms with Gasteiger partial charge in [-0.25, -0.2) is 4.98 Å². The van der Waals surface area contributed by atoms with E-state index in [0.717, 1.165) is 6.42 Å². The SMILES string of the molecule is COc1cccc(NC(=O)[C@@H]2CC(=O)Nc3nc(SCCc4ccccc4)[nH]c(=O)c32)c1. The summed E-state index contributed by atoms with van der Waals surface area (Å²) in [6.45, 7) is 0. The first-order chi connectivity index (χ1) is 15.5. The summed E-state index contributed by atoms with van der Waals surface area (Å²) < 4.78 is 5.17. The fourth-order valence-electron chi connectivity index (χ4n) is 3.48. The van der Waals surface area contributed by atoms with Gasteiger partial charge >= 0.3 is 0 Å². The minimum absolute atomic E-state index is 0.131. The van der Waals surface area contributed by atoms with Crippen LogP contribution >= 0.6 is 11.8 Å². The Morgan fingerprint density at radius 3 is 2.78 bits per heavy atom. The van der Waals surface area contributed by atoms with Crippen molar-refractivity contribution in [1.29, 1.82) is 0 Å². The third kappa shape index (κ3) is 5.00. The van der Waals surface area contributed by atoms with E-state index in [1.54, 1.807) is 24.3 Å². The highest BCUT2D eigenvalue weighted by atomic mass is 32.2. The number of hydrogen-bond donors (Lipinski definition) is 3. The van der Waals surface area contributed by atoms with Gasteiger partial charge in [0.2, 0.25) is 11.8 Å². The van der Waals surface area contributed by atoms with Crippen LogP contribution in [0.15, 0.2) is 64.5 Å². The van der Waals surface area contributed by atoms with Crippen LogP contribution in [0.3, 0.4) is 0 Å². The Hall–Kier alpha value is -3.59. The highest BCUT2D eigenvalue weighted by molar-refractivity contribution is 7.99. The molecule has 0 aliphatic carbocycles. The Kier molecular flexibility index (Phi) is 6.55. The number of fused-ring (bicyclic) bond motifs is 1. The van der Waals surface area contributed by atoms with Crippen molar-refractivity contribution in [2.24, 2.45) is 0 Å². The second kappa shape index (κ2) is 9.69. The number of nitrogens with zero attached hydrogens (tertiary/aromatic N) is 1. The van der Waals surface area contributed by atoms with Crippen LogP contribution in [-0.4, -0.2) is 34.6 Å². The van der Waals surface area contributed by atoms with Crippen molar-refractivity contribution in [3.05, 3.63) is 76.1 Å². The highest BCUT2D eigenvalue weighted by Gasteiger charge is 2.34. The van der Waals surface area contributed by atoms with Gasteiger partial charge in [-0.1, -0.05) is 48.2 Å². The molecule has 164 valence electrons. The van der Waals surface area contributed by atoms with Gasteiger partial charge in [0.1, 0.15) is 11.6 Å². The summed E-state index contributed by atoms with van der Waals surface area (Å²) in [7, 11) is 1.53. The highest BCUT2D eigenvalue weighted by Crippen LogP contribution is 2.30. The fraction of sp³-hybridized carbons (Fsp3) is 0.217. The predicted octanol–water partition coefficient (Wildman–Crippen LogP) is 3.18. The fourth-order valence-corrected chi connectivity index (χ4v) is 4.34. The van der Waals surface area contributed by atoms with Crippen molar-refractivity contribution >= 4 is 35.1 Å². The number of benzene rings is 2. The Morgan fingerprint density at radius 2 is 2.00 bits per heavy atom. The number of methoxy groups -OCH3 is 1. The third-order valence-corrected chi connectivity index (χ3v) is 5.93. The number of aromatic amines is 1. The first-order valence-electron chi connectivity index (χ1n) is 10.1. The van der Waals surface area contributed by atoms with Crippen LogP contribution in [0.1, 0.15) is 23.5 Å². The number of rotatable bonds is 7. The van der Waals surface area contributed by atoms with E-state index < -0.39 is 17.4 Å². The maximum atomic E-state index is 12.9. The molecule has 0 saturated heterocycles. The van der Waals surface area contributed by atoms with Crippen LogP contribution < -0.4 is 20.9 Å². The second-order valence-corrected chi connectivity index (χ2v) is 8.33. The minimum atomic E-state index is -0.940. The molecule has 3 aromatic rings. The number of ether oxygens (including phenoxy) is 1. The molecule has 4 rings (SSSR count). The molecule has 2 amide bonds. The number of nitrogens with one attached hydrogen (secondary N) is 3. The molecular formula is C23H22N4O4S. The van der Waals surface area contributed by atoms with Crippen LogP contribution in [0.4, 0.5) is 11.5 Å². The summed E-state index contributed by atoms with van der Waals surface area (Å²) in [6.07, 6.45) is 0.679. The smallest absolute Gasteiger partial charge is 0.257 e. The second-order valence-electron chi connectivity index (χ2n) is 7.24. The number of carbonyl (C=O) groups excluding carboxylic acids is 2. The van der Waals surface area contributed by atoms with Gasteiger partial charge in [0, 0.05) is 23.9 Å². The van der Waals surface area contributed by atoms with Gasteiger partial charge in [0.15, 0.2) is 5.16 Å². The molecule has 1 aromatic heterocycles. The molecule has 0 radical (unpaired) electrons. The lowest BCUT2D eigenvalue weighted by molar-refractivity contribution is -0.123. The van der Waals surface area contributed by atoms with Crippen LogP contribution in [0.5, 0.6) is 5.75 Å². The molecule has 2 heterocycles. The van der Waals surface area contributed by atoms with E-state index in [2.05, 4.69) is 20.6 Å². The van der Waals surface area contributed by atoms with Crippen molar-refractivity contribution in [1.82, 2.24) is 9.97 Å². The zero-order chi connectivity index (χ0) is 22.5. The van der Waals surface area contributed by atoms with Crippen molar-refractivity contribution in [3.63, 3.8) is 0 Å². The molecule has 32 heavy (non-hydrogen) atoms. The molecule has 9 heteroatoms. The zero-order valence-electron chi connectivity index (χ0n) is 17.4.